The van der Waals surface area contributed by atoms with Crippen LogP contribution in [0.2, 0.25) is 0 Å². The molecule has 2 atom stereocenters. The highest BCUT2D eigenvalue weighted by molar-refractivity contribution is 5.76. The molecule has 3 aromatic rings. The molecule has 1 N–H and O–H groups in total. The van der Waals surface area contributed by atoms with E-state index in [1.807, 2.05) is 61.5 Å². The van der Waals surface area contributed by atoms with Crippen LogP contribution in [0.25, 0.3) is 0 Å². The highest BCUT2D eigenvalue weighted by Gasteiger charge is 2.32. The van der Waals surface area contributed by atoms with Gasteiger partial charge in [-0.25, -0.2) is 0 Å². The molecule has 2 aliphatic heterocycles. The van der Waals surface area contributed by atoms with E-state index >= 15 is 0 Å². The second-order valence-corrected chi connectivity index (χ2v) is 9.03. The number of nitrogens with zero attached hydrogens (tertiary/aromatic N) is 3. The molecule has 182 valence electrons. The maximum absolute atomic E-state index is 13.0. The molecule has 0 radical (unpaired) electrons. The summed E-state index contributed by atoms with van der Waals surface area (Å²) in [5, 5.41) is 11.8. The van der Waals surface area contributed by atoms with Gasteiger partial charge >= 0.3 is 0 Å². The van der Waals surface area contributed by atoms with Gasteiger partial charge in [0.05, 0.1) is 31.6 Å². The van der Waals surface area contributed by atoms with E-state index in [1.165, 1.54) is 0 Å². The Morgan fingerprint density at radius 1 is 1.06 bits per heavy atom. The number of hydrogen-bond donors (Lipinski definition) is 1. The van der Waals surface area contributed by atoms with Crippen LogP contribution >= 0.6 is 0 Å². The Kier molecular flexibility index (Phi) is 6.81. The van der Waals surface area contributed by atoms with Gasteiger partial charge in [0.25, 0.3) is 0 Å². The van der Waals surface area contributed by atoms with E-state index in [9.17, 15) is 4.79 Å². The fourth-order valence-electron chi connectivity index (χ4n) is 4.56. The van der Waals surface area contributed by atoms with Gasteiger partial charge in [-0.1, -0.05) is 18.2 Å². The minimum absolute atomic E-state index is 0.00541. The predicted molar refractivity (Wildman–Crippen MR) is 132 cm³/mol. The smallest absolute Gasteiger partial charge is 0.220 e. The van der Waals surface area contributed by atoms with Crippen LogP contribution in [-0.2, 0) is 22.6 Å². The molecule has 3 heterocycles. The summed E-state index contributed by atoms with van der Waals surface area (Å²) in [6.07, 6.45) is 1.63. The van der Waals surface area contributed by atoms with Gasteiger partial charge in [0.1, 0.15) is 5.75 Å². The van der Waals surface area contributed by atoms with Gasteiger partial charge in [-0.05, 0) is 67.3 Å². The first-order valence-electron chi connectivity index (χ1n) is 12.0. The summed E-state index contributed by atoms with van der Waals surface area (Å²) >= 11 is 0. The standard InChI is InChI=1S/C27H30N4O4/c1-18-6-10-26(30-29-18)31-13-12-23-22(16-31)28-27(32)11-8-19-7-9-24(33-2)25(15-19)35-21-5-3-4-20(14-21)17-34-23/h3-7,9-10,14-15,22-23H,8,11-13,16-17H2,1-2H3,(H,28,32)/t22-,23+/m0/s1. The van der Waals surface area contributed by atoms with Gasteiger partial charge in [-0.15, -0.1) is 5.10 Å². The number of piperidine rings is 1. The number of fused-ring (bicyclic) bond motifs is 5. The Morgan fingerprint density at radius 3 is 2.80 bits per heavy atom. The van der Waals surface area contributed by atoms with Crippen LogP contribution in [0, 0.1) is 6.92 Å². The molecular formula is C27H30N4O4. The number of nitrogens with one attached hydrogen (secondary N) is 1. The first-order valence-corrected chi connectivity index (χ1v) is 12.0. The van der Waals surface area contributed by atoms with Crippen molar-refractivity contribution in [3.8, 4) is 17.2 Å². The summed E-state index contributed by atoms with van der Waals surface area (Å²) < 4.78 is 18.0. The summed E-state index contributed by atoms with van der Waals surface area (Å²) in [6, 6.07) is 17.4. The van der Waals surface area contributed by atoms with Gasteiger partial charge in [0.2, 0.25) is 5.91 Å². The molecule has 8 heteroatoms. The van der Waals surface area contributed by atoms with E-state index in [-0.39, 0.29) is 18.1 Å². The van der Waals surface area contributed by atoms with E-state index in [4.69, 9.17) is 14.2 Å². The summed E-state index contributed by atoms with van der Waals surface area (Å²) in [7, 11) is 1.62. The van der Waals surface area contributed by atoms with E-state index < -0.39 is 0 Å². The SMILES string of the molecule is COc1ccc2cc1Oc1cccc(c1)CO[C@@H]1CCN(c3ccc(C)nn3)C[C@@H]1NC(=O)CC2. The second-order valence-electron chi connectivity index (χ2n) is 9.03. The zero-order chi connectivity index (χ0) is 24.2. The lowest BCUT2D eigenvalue weighted by atomic mass is 10.0. The molecule has 5 rings (SSSR count). The molecular weight excluding hydrogens is 444 g/mol. The fourth-order valence-corrected chi connectivity index (χ4v) is 4.56. The van der Waals surface area contributed by atoms with Gasteiger partial charge in [-0.3, -0.25) is 4.79 Å². The molecule has 1 fully saturated rings. The topological polar surface area (TPSA) is 85.8 Å². The van der Waals surface area contributed by atoms with Crippen molar-refractivity contribution in [2.75, 3.05) is 25.1 Å². The van der Waals surface area contributed by atoms with Crippen LogP contribution in [0.3, 0.4) is 0 Å². The second kappa shape index (κ2) is 10.3. The number of hydrogen-bond acceptors (Lipinski definition) is 7. The highest BCUT2D eigenvalue weighted by atomic mass is 16.5. The first-order chi connectivity index (χ1) is 17.1. The number of anilines is 1. The van der Waals surface area contributed by atoms with Crippen molar-refractivity contribution in [1.82, 2.24) is 15.5 Å². The maximum Gasteiger partial charge on any atom is 0.220 e. The number of methoxy groups -OCH3 is 1. The Bertz CT molecular complexity index is 1180. The molecule has 35 heavy (non-hydrogen) atoms. The third-order valence-electron chi connectivity index (χ3n) is 6.46. The van der Waals surface area contributed by atoms with Crippen molar-refractivity contribution in [3.05, 3.63) is 71.4 Å². The lowest BCUT2D eigenvalue weighted by Crippen LogP contribution is -2.56. The molecule has 0 spiro atoms. The van der Waals surface area contributed by atoms with Crippen LogP contribution in [0.15, 0.2) is 54.6 Å². The number of carbonyl (C=O) groups excluding carboxylic acids is 1. The number of ether oxygens (including phenoxy) is 3. The molecule has 1 aromatic heterocycles. The van der Waals surface area contributed by atoms with Gasteiger partial charge in [0.15, 0.2) is 17.3 Å². The largest absolute Gasteiger partial charge is 0.493 e. The van der Waals surface area contributed by atoms with Crippen molar-refractivity contribution < 1.29 is 19.0 Å². The lowest BCUT2D eigenvalue weighted by Gasteiger charge is -2.39. The molecule has 8 nitrogen and oxygen atoms in total. The molecule has 0 unspecified atom stereocenters. The Labute approximate surface area is 205 Å². The summed E-state index contributed by atoms with van der Waals surface area (Å²) in [4.78, 5) is 15.1. The number of aryl methyl sites for hydroxylation is 2. The van der Waals surface area contributed by atoms with Crippen LogP contribution < -0.4 is 19.7 Å². The predicted octanol–water partition coefficient (Wildman–Crippen LogP) is 3.81. The van der Waals surface area contributed by atoms with Crippen molar-refractivity contribution >= 4 is 11.7 Å². The average Bonchev–Trinajstić information content (AvgIpc) is 2.87. The van der Waals surface area contributed by atoms with Crippen molar-refractivity contribution in [2.45, 2.75) is 44.9 Å². The third kappa shape index (κ3) is 5.54. The third-order valence-corrected chi connectivity index (χ3v) is 6.46. The fraction of sp³-hybridized carbons (Fsp3) is 0.370. The Balaban J connectivity index is 1.40. The van der Waals surface area contributed by atoms with Crippen LogP contribution in [0.4, 0.5) is 5.82 Å². The van der Waals surface area contributed by atoms with Gasteiger partial charge in [0, 0.05) is 19.5 Å². The number of carbonyl (C=O) groups is 1. The summed E-state index contributed by atoms with van der Waals surface area (Å²) in [5.74, 6) is 2.80. The molecule has 1 saturated heterocycles. The quantitative estimate of drug-likeness (QED) is 0.604. The first kappa shape index (κ1) is 23.1. The zero-order valence-corrected chi connectivity index (χ0v) is 20.1. The monoisotopic (exact) mass is 474 g/mol. The maximum atomic E-state index is 13.0. The molecule has 2 aliphatic rings. The van der Waals surface area contributed by atoms with Gasteiger partial charge in [-0.2, -0.15) is 5.10 Å². The lowest BCUT2D eigenvalue weighted by molar-refractivity contribution is -0.123. The molecule has 0 aliphatic carbocycles. The summed E-state index contributed by atoms with van der Waals surface area (Å²) in [6.45, 7) is 3.74. The van der Waals surface area contributed by atoms with E-state index in [0.717, 1.165) is 41.4 Å². The Morgan fingerprint density at radius 2 is 1.97 bits per heavy atom. The molecule has 0 saturated carbocycles. The van der Waals surface area contributed by atoms with Crippen molar-refractivity contribution in [2.24, 2.45) is 0 Å². The minimum Gasteiger partial charge on any atom is -0.493 e. The highest BCUT2D eigenvalue weighted by Crippen LogP contribution is 2.33. The number of rotatable bonds is 2. The van der Waals surface area contributed by atoms with E-state index in [0.29, 0.717) is 37.5 Å². The Hall–Kier alpha value is -3.65. The van der Waals surface area contributed by atoms with Crippen LogP contribution in [0.1, 0.15) is 29.7 Å². The number of amides is 1. The number of aromatic nitrogens is 2. The molecule has 1 amide bonds. The molecule has 4 bridgehead atoms. The van der Waals surface area contributed by atoms with E-state index in [2.05, 4.69) is 20.4 Å². The van der Waals surface area contributed by atoms with Crippen molar-refractivity contribution in [1.29, 1.82) is 0 Å². The minimum atomic E-state index is -0.157. The van der Waals surface area contributed by atoms with Gasteiger partial charge < -0.3 is 24.4 Å². The van der Waals surface area contributed by atoms with Crippen LogP contribution in [0.5, 0.6) is 17.2 Å². The van der Waals surface area contributed by atoms with E-state index in [1.54, 1.807) is 7.11 Å². The zero-order valence-electron chi connectivity index (χ0n) is 20.1. The average molecular weight is 475 g/mol. The molecule has 2 aromatic carbocycles. The number of benzene rings is 2. The summed E-state index contributed by atoms with van der Waals surface area (Å²) in [5.41, 5.74) is 2.89. The normalized spacial score (nSPS) is 20.5. The van der Waals surface area contributed by atoms with Crippen molar-refractivity contribution in [3.63, 3.8) is 0 Å². The van der Waals surface area contributed by atoms with Crippen LogP contribution in [-0.4, -0.2) is 48.4 Å².